The van der Waals surface area contributed by atoms with Crippen LogP contribution in [-0.4, -0.2) is 25.5 Å². The quantitative estimate of drug-likeness (QED) is 0.919. The number of benzene rings is 2. The molecular formula is C19H20N2O3. The largest absolute Gasteiger partial charge is 0.380 e. The van der Waals surface area contributed by atoms with Crippen molar-refractivity contribution >= 4 is 23.2 Å². The zero-order valence-electron chi connectivity index (χ0n) is 13.6. The molecule has 2 aromatic rings. The van der Waals surface area contributed by atoms with Crippen molar-refractivity contribution < 1.29 is 14.3 Å². The molecule has 3 rings (SSSR count). The van der Waals surface area contributed by atoms with Crippen molar-refractivity contribution in [2.75, 3.05) is 23.9 Å². The van der Waals surface area contributed by atoms with Crippen LogP contribution in [0.4, 0.5) is 11.4 Å². The van der Waals surface area contributed by atoms with Crippen molar-refractivity contribution in [3.63, 3.8) is 0 Å². The number of hydrogen-bond acceptors (Lipinski definition) is 3. The smallest absolute Gasteiger partial charge is 0.255 e. The number of anilines is 2. The molecule has 24 heavy (non-hydrogen) atoms. The number of methoxy groups -OCH3 is 1. The van der Waals surface area contributed by atoms with Gasteiger partial charge in [-0.15, -0.1) is 0 Å². The predicted molar refractivity (Wildman–Crippen MR) is 93.1 cm³/mol. The summed E-state index contributed by atoms with van der Waals surface area (Å²) in [5.41, 5.74) is 3.02. The van der Waals surface area contributed by atoms with Crippen molar-refractivity contribution in [1.82, 2.24) is 0 Å². The molecule has 1 heterocycles. The van der Waals surface area contributed by atoms with Gasteiger partial charge in [-0.3, -0.25) is 9.59 Å². The number of hydrogen-bond donors (Lipinski definition) is 1. The van der Waals surface area contributed by atoms with Crippen LogP contribution in [0.2, 0.25) is 0 Å². The Balaban J connectivity index is 1.75. The SMILES string of the molecule is COCc1cccc(C(=O)Nc2cccc(N3CCCC3=O)c2)c1. The standard InChI is InChI=1S/C19H20N2O3/c1-24-13-14-5-2-6-15(11-14)19(23)20-16-7-3-8-17(12-16)21-10-4-9-18(21)22/h2-3,5-8,11-12H,4,9-10,13H2,1H3,(H,20,23). The van der Waals surface area contributed by atoms with E-state index in [-0.39, 0.29) is 11.8 Å². The number of nitrogens with zero attached hydrogens (tertiary/aromatic N) is 1. The van der Waals surface area contributed by atoms with E-state index in [0.717, 1.165) is 24.2 Å². The summed E-state index contributed by atoms with van der Waals surface area (Å²) < 4.78 is 5.09. The Kier molecular flexibility index (Phi) is 4.91. The number of ether oxygens (including phenoxy) is 1. The first kappa shape index (κ1) is 16.2. The van der Waals surface area contributed by atoms with Gasteiger partial charge >= 0.3 is 0 Å². The van der Waals surface area contributed by atoms with Crippen LogP contribution in [0.15, 0.2) is 48.5 Å². The molecule has 5 nitrogen and oxygen atoms in total. The van der Waals surface area contributed by atoms with Crippen LogP contribution < -0.4 is 10.2 Å². The van der Waals surface area contributed by atoms with Gasteiger partial charge in [0, 0.05) is 37.0 Å². The van der Waals surface area contributed by atoms with Crippen LogP contribution in [-0.2, 0) is 16.1 Å². The summed E-state index contributed by atoms with van der Waals surface area (Å²) in [5, 5.41) is 2.89. The lowest BCUT2D eigenvalue weighted by molar-refractivity contribution is -0.117. The first-order valence-electron chi connectivity index (χ1n) is 7.97. The molecule has 0 aromatic heterocycles. The number of amides is 2. The van der Waals surface area contributed by atoms with Gasteiger partial charge in [-0.1, -0.05) is 18.2 Å². The van der Waals surface area contributed by atoms with Gasteiger partial charge in [0.25, 0.3) is 5.91 Å². The van der Waals surface area contributed by atoms with E-state index in [1.165, 1.54) is 0 Å². The molecule has 1 saturated heterocycles. The number of carbonyl (C=O) groups excluding carboxylic acids is 2. The Hall–Kier alpha value is -2.66. The first-order valence-corrected chi connectivity index (χ1v) is 7.97. The molecule has 1 aliphatic heterocycles. The van der Waals surface area contributed by atoms with Crippen molar-refractivity contribution in [2.24, 2.45) is 0 Å². The van der Waals surface area contributed by atoms with Gasteiger partial charge in [-0.25, -0.2) is 0 Å². The third kappa shape index (κ3) is 3.63. The maximum atomic E-state index is 12.4. The minimum Gasteiger partial charge on any atom is -0.380 e. The molecule has 1 N–H and O–H groups in total. The Morgan fingerprint density at radius 1 is 1.21 bits per heavy atom. The second-order valence-electron chi connectivity index (χ2n) is 5.79. The molecule has 0 radical (unpaired) electrons. The fourth-order valence-corrected chi connectivity index (χ4v) is 2.84. The fourth-order valence-electron chi connectivity index (χ4n) is 2.84. The van der Waals surface area contributed by atoms with Crippen LogP contribution in [0.3, 0.4) is 0 Å². The van der Waals surface area contributed by atoms with Crippen molar-refractivity contribution in [2.45, 2.75) is 19.4 Å². The fraction of sp³-hybridized carbons (Fsp3) is 0.263. The maximum absolute atomic E-state index is 12.4. The van der Waals surface area contributed by atoms with E-state index in [1.807, 2.05) is 42.5 Å². The molecular weight excluding hydrogens is 304 g/mol. The van der Waals surface area contributed by atoms with Gasteiger partial charge in [-0.2, -0.15) is 0 Å². The average Bonchev–Trinajstić information content (AvgIpc) is 3.02. The topological polar surface area (TPSA) is 58.6 Å². The third-order valence-corrected chi connectivity index (χ3v) is 3.99. The molecule has 0 aliphatic carbocycles. The van der Waals surface area contributed by atoms with E-state index in [4.69, 9.17) is 4.74 Å². The van der Waals surface area contributed by atoms with E-state index < -0.39 is 0 Å². The highest BCUT2D eigenvalue weighted by Crippen LogP contribution is 2.24. The van der Waals surface area contributed by atoms with Crippen molar-refractivity contribution in [3.05, 3.63) is 59.7 Å². The molecule has 0 atom stereocenters. The van der Waals surface area contributed by atoms with E-state index >= 15 is 0 Å². The van der Waals surface area contributed by atoms with Crippen LogP contribution in [0, 0.1) is 0 Å². The molecule has 0 spiro atoms. The average molecular weight is 324 g/mol. The number of rotatable bonds is 5. The summed E-state index contributed by atoms with van der Waals surface area (Å²) >= 11 is 0. The van der Waals surface area contributed by atoms with Gasteiger partial charge < -0.3 is 15.0 Å². The molecule has 124 valence electrons. The van der Waals surface area contributed by atoms with Gasteiger partial charge in [0.05, 0.1) is 6.61 Å². The minimum atomic E-state index is -0.183. The molecule has 0 saturated carbocycles. The molecule has 0 bridgehead atoms. The highest BCUT2D eigenvalue weighted by Gasteiger charge is 2.21. The molecule has 1 fully saturated rings. The lowest BCUT2D eigenvalue weighted by Gasteiger charge is -2.16. The Morgan fingerprint density at radius 2 is 2.04 bits per heavy atom. The zero-order chi connectivity index (χ0) is 16.9. The van der Waals surface area contributed by atoms with Crippen molar-refractivity contribution in [1.29, 1.82) is 0 Å². The normalized spacial score (nSPS) is 14.0. The highest BCUT2D eigenvalue weighted by atomic mass is 16.5. The molecule has 2 amide bonds. The second-order valence-corrected chi connectivity index (χ2v) is 5.79. The molecule has 5 heteroatoms. The van der Waals surface area contributed by atoms with E-state index in [2.05, 4.69) is 5.32 Å². The van der Waals surface area contributed by atoms with Crippen LogP contribution >= 0.6 is 0 Å². The lowest BCUT2D eigenvalue weighted by Crippen LogP contribution is -2.23. The molecule has 0 unspecified atom stereocenters. The Bertz CT molecular complexity index is 758. The van der Waals surface area contributed by atoms with Crippen molar-refractivity contribution in [3.8, 4) is 0 Å². The molecule has 2 aromatic carbocycles. The van der Waals surface area contributed by atoms with Crippen LogP contribution in [0.1, 0.15) is 28.8 Å². The number of carbonyl (C=O) groups is 2. The Labute approximate surface area is 141 Å². The monoisotopic (exact) mass is 324 g/mol. The lowest BCUT2D eigenvalue weighted by atomic mass is 10.1. The van der Waals surface area contributed by atoms with Crippen LogP contribution in [0.25, 0.3) is 0 Å². The van der Waals surface area contributed by atoms with Gasteiger partial charge in [0.1, 0.15) is 0 Å². The summed E-state index contributed by atoms with van der Waals surface area (Å²) in [5.74, 6) is -0.0522. The minimum absolute atomic E-state index is 0.130. The van der Waals surface area contributed by atoms with E-state index in [9.17, 15) is 9.59 Å². The predicted octanol–water partition coefficient (Wildman–Crippen LogP) is 3.21. The molecule has 1 aliphatic rings. The van der Waals surface area contributed by atoms with Gasteiger partial charge in [-0.05, 0) is 42.3 Å². The van der Waals surface area contributed by atoms with E-state index in [1.54, 1.807) is 18.1 Å². The number of nitrogens with one attached hydrogen (secondary N) is 1. The summed E-state index contributed by atoms with van der Waals surface area (Å²) in [6.45, 7) is 1.20. The van der Waals surface area contributed by atoms with Gasteiger partial charge in [0.15, 0.2) is 0 Å². The first-order chi connectivity index (χ1) is 11.7. The third-order valence-electron chi connectivity index (χ3n) is 3.99. The van der Waals surface area contributed by atoms with Crippen LogP contribution in [0.5, 0.6) is 0 Å². The Morgan fingerprint density at radius 3 is 2.79 bits per heavy atom. The summed E-state index contributed by atoms with van der Waals surface area (Å²) in [7, 11) is 1.62. The summed E-state index contributed by atoms with van der Waals surface area (Å²) in [6, 6.07) is 14.7. The highest BCUT2D eigenvalue weighted by molar-refractivity contribution is 6.05. The zero-order valence-corrected chi connectivity index (χ0v) is 13.6. The van der Waals surface area contributed by atoms with Gasteiger partial charge in [0.2, 0.25) is 5.91 Å². The maximum Gasteiger partial charge on any atom is 0.255 e. The van der Waals surface area contributed by atoms with E-state index in [0.29, 0.717) is 24.3 Å². The summed E-state index contributed by atoms with van der Waals surface area (Å²) in [4.78, 5) is 26.0. The second kappa shape index (κ2) is 7.27. The summed E-state index contributed by atoms with van der Waals surface area (Å²) in [6.07, 6.45) is 1.46.